The Morgan fingerprint density at radius 2 is 1.74 bits per heavy atom. The molecular weight excluding hydrogens is 528 g/mol. The minimum Gasteiger partial charge on any atom is -0.326 e. The molecule has 35 heavy (non-hydrogen) atoms. The van der Waals surface area contributed by atoms with Crippen LogP contribution in [0.5, 0.6) is 0 Å². The largest absolute Gasteiger partial charge is 0.326 e. The molecule has 0 aliphatic carbocycles. The topological polar surface area (TPSA) is 120 Å². The van der Waals surface area contributed by atoms with E-state index in [0.717, 1.165) is 15.6 Å². The normalized spacial score (nSPS) is 11.2. The van der Waals surface area contributed by atoms with E-state index in [2.05, 4.69) is 42.1 Å². The highest BCUT2D eigenvalue weighted by atomic mass is 79.9. The number of carbonyl (C=O) groups is 2. The number of benzene rings is 3. The summed E-state index contributed by atoms with van der Waals surface area (Å²) >= 11 is 4.64. The number of hydrogen-bond donors (Lipinski definition) is 3. The van der Waals surface area contributed by atoms with Crippen LogP contribution in [0.3, 0.4) is 0 Å². The van der Waals surface area contributed by atoms with E-state index in [4.69, 9.17) is 5.26 Å². The van der Waals surface area contributed by atoms with Crippen molar-refractivity contribution in [2.24, 2.45) is 0 Å². The quantitative estimate of drug-likeness (QED) is 0.294. The van der Waals surface area contributed by atoms with Gasteiger partial charge in [0.05, 0.1) is 11.6 Å². The minimum atomic E-state index is -0.878. The number of nitrogens with zero attached hydrogens (tertiary/aromatic N) is 3. The zero-order valence-corrected chi connectivity index (χ0v) is 20.6. The van der Waals surface area contributed by atoms with Crippen LogP contribution in [-0.2, 0) is 11.2 Å². The summed E-state index contributed by atoms with van der Waals surface area (Å²) in [6.45, 7) is 0. The number of nitriles is 1. The summed E-state index contributed by atoms with van der Waals surface area (Å²) in [7, 11) is 0. The van der Waals surface area contributed by atoms with E-state index in [0.29, 0.717) is 21.4 Å². The van der Waals surface area contributed by atoms with Gasteiger partial charge < -0.3 is 10.6 Å². The van der Waals surface area contributed by atoms with Crippen molar-refractivity contribution in [2.75, 3.05) is 10.6 Å². The fourth-order valence-corrected chi connectivity index (χ4v) is 4.24. The van der Waals surface area contributed by atoms with E-state index in [-0.39, 0.29) is 6.42 Å². The molecule has 0 fully saturated rings. The van der Waals surface area contributed by atoms with Crippen molar-refractivity contribution in [3.63, 3.8) is 0 Å². The lowest BCUT2D eigenvalue weighted by Gasteiger charge is -2.18. The molecule has 1 heterocycles. The van der Waals surface area contributed by atoms with Crippen molar-refractivity contribution in [2.45, 2.75) is 12.5 Å². The Morgan fingerprint density at radius 1 is 0.971 bits per heavy atom. The molecule has 3 aromatic carbocycles. The summed E-state index contributed by atoms with van der Waals surface area (Å²) in [6.07, 6.45) is 0.275. The lowest BCUT2D eigenvalue weighted by molar-refractivity contribution is -0.117. The first kappa shape index (κ1) is 24.1. The second-order valence-corrected chi connectivity index (χ2v) is 9.34. The molecule has 0 saturated heterocycles. The van der Waals surface area contributed by atoms with Crippen molar-refractivity contribution in [3.05, 3.63) is 94.5 Å². The van der Waals surface area contributed by atoms with Gasteiger partial charge in [0.15, 0.2) is 0 Å². The number of carbonyl (C=O) groups excluding carboxylic acids is 2. The second kappa shape index (κ2) is 11.4. The van der Waals surface area contributed by atoms with Crippen LogP contribution >= 0.6 is 27.3 Å². The molecular formula is C25H19BrN6O2S. The van der Waals surface area contributed by atoms with Crippen LogP contribution in [0.2, 0.25) is 0 Å². The summed E-state index contributed by atoms with van der Waals surface area (Å²) < 4.78 is 0.951. The Bertz CT molecular complexity index is 1370. The van der Waals surface area contributed by atoms with Gasteiger partial charge in [0.2, 0.25) is 11.0 Å². The Morgan fingerprint density at radius 3 is 2.49 bits per heavy atom. The van der Waals surface area contributed by atoms with Gasteiger partial charge >= 0.3 is 6.03 Å². The highest BCUT2D eigenvalue weighted by molar-refractivity contribution is 9.10. The predicted molar refractivity (Wildman–Crippen MR) is 139 cm³/mol. The molecule has 0 bridgehead atoms. The standard InChI is InChI=1S/C25H19BrN6O2S/c26-19-11-9-18(10-12-19)23-31-32-25(35-23)30-22(33)21(14-16-5-2-1-3-6-16)29-24(34)28-20-8-4-7-17(13-20)15-27/h1-13,21H,14H2,(H2,28,29,34)(H,30,32,33)/t21-/m1/s1. The van der Waals surface area contributed by atoms with Gasteiger partial charge in [0.1, 0.15) is 11.0 Å². The maximum Gasteiger partial charge on any atom is 0.319 e. The first-order valence-electron chi connectivity index (χ1n) is 10.5. The molecule has 0 radical (unpaired) electrons. The predicted octanol–water partition coefficient (Wildman–Crippen LogP) is 5.21. The van der Waals surface area contributed by atoms with Gasteiger partial charge in [0.25, 0.3) is 0 Å². The SMILES string of the molecule is N#Cc1cccc(NC(=O)N[C@H](Cc2ccccc2)C(=O)Nc2nnc(-c3ccc(Br)cc3)s2)c1. The van der Waals surface area contributed by atoms with Gasteiger partial charge in [-0.25, -0.2) is 4.79 Å². The van der Waals surface area contributed by atoms with Crippen molar-refractivity contribution in [1.29, 1.82) is 5.26 Å². The highest BCUT2D eigenvalue weighted by Gasteiger charge is 2.23. The molecule has 3 N–H and O–H groups in total. The van der Waals surface area contributed by atoms with E-state index >= 15 is 0 Å². The van der Waals surface area contributed by atoms with Crippen LogP contribution in [0.25, 0.3) is 10.6 Å². The third kappa shape index (κ3) is 6.72. The van der Waals surface area contributed by atoms with Gasteiger partial charge in [-0.1, -0.05) is 75.8 Å². The number of nitrogens with one attached hydrogen (secondary N) is 3. The van der Waals surface area contributed by atoms with Crippen molar-refractivity contribution >= 4 is 50.0 Å². The van der Waals surface area contributed by atoms with Gasteiger partial charge in [-0.15, -0.1) is 10.2 Å². The monoisotopic (exact) mass is 546 g/mol. The van der Waals surface area contributed by atoms with Crippen LogP contribution in [-0.4, -0.2) is 28.2 Å². The molecule has 3 amide bonds. The molecule has 174 valence electrons. The van der Waals surface area contributed by atoms with Crippen molar-refractivity contribution < 1.29 is 9.59 Å². The van der Waals surface area contributed by atoms with Crippen LogP contribution in [0, 0.1) is 11.3 Å². The van der Waals surface area contributed by atoms with E-state index < -0.39 is 18.0 Å². The average Bonchev–Trinajstić information content (AvgIpc) is 3.33. The lowest BCUT2D eigenvalue weighted by atomic mass is 10.1. The summed E-state index contributed by atoms with van der Waals surface area (Å²) in [5.74, 6) is -0.423. The highest BCUT2D eigenvalue weighted by Crippen LogP contribution is 2.27. The number of hydrogen-bond acceptors (Lipinski definition) is 6. The number of amides is 3. The number of rotatable bonds is 7. The second-order valence-electron chi connectivity index (χ2n) is 7.44. The van der Waals surface area contributed by atoms with Gasteiger partial charge in [-0.05, 0) is 35.9 Å². The number of urea groups is 1. The Balaban J connectivity index is 1.47. The van der Waals surface area contributed by atoms with Crippen LogP contribution in [0.4, 0.5) is 15.6 Å². The van der Waals surface area contributed by atoms with Crippen LogP contribution < -0.4 is 16.0 Å². The van der Waals surface area contributed by atoms with Crippen molar-refractivity contribution in [3.8, 4) is 16.6 Å². The first-order valence-corrected chi connectivity index (χ1v) is 12.1. The Kier molecular flexibility index (Phi) is 7.82. The molecule has 1 aromatic heterocycles. The van der Waals surface area contributed by atoms with E-state index in [9.17, 15) is 9.59 Å². The molecule has 0 spiro atoms. The summed E-state index contributed by atoms with van der Waals surface area (Å²) in [6, 6.07) is 24.1. The number of anilines is 2. The minimum absolute atomic E-state index is 0.275. The molecule has 0 aliphatic rings. The van der Waals surface area contributed by atoms with E-state index in [1.54, 1.807) is 24.3 Å². The third-order valence-electron chi connectivity index (χ3n) is 4.90. The zero-order chi connectivity index (χ0) is 24.6. The van der Waals surface area contributed by atoms with E-state index in [1.165, 1.54) is 11.3 Å². The first-order chi connectivity index (χ1) is 17.0. The molecule has 8 nitrogen and oxygen atoms in total. The summed E-state index contributed by atoms with van der Waals surface area (Å²) in [5, 5.41) is 26.4. The van der Waals surface area contributed by atoms with Crippen LogP contribution in [0.15, 0.2) is 83.3 Å². The molecule has 4 rings (SSSR count). The van der Waals surface area contributed by atoms with Gasteiger partial charge in [-0.3, -0.25) is 10.1 Å². The molecule has 1 atom stereocenters. The molecule has 0 unspecified atom stereocenters. The maximum absolute atomic E-state index is 13.1. The maximum atomic E-state index is 13.1. The fraction of sp³-hybridized carbons (Fsp3) is 0.0800. The number of halogens is 1. The summed E-state index contributed by atoms with van der Waals surface area (Å²) in [5.41, 5.74) is 2.62. The van der Waals surface area contributed by atoms with E-state index in [1.807, 2.05) is 60.7 Å². The molecule has 0 aliphatic heterocycles. The molecule has 0 saturated carbocycles. The van der Waals surface area contributed by atoms with Crippen molar-refractivity contribution in [1.82, 2.24) is 15.5 Å². The smallest absolute Gasteiger partial charge is 0.319 e. The summed E-state index contributed by atoms with van der Waals surface area (Å²) in [4.78, 5) is 25.8. The van der Waals surface area contributed by atoms with Gasteiger partial charge in [-0.2, -0.15) is 5.26 Å². The molecule has 10 heteroatoms. The lowest BCUT2D eigenvalue weighted by Crippen LogP contribution is -2.46. The van der Waals surface area contributed by atoms with Gasteiger partial charge in [0, 0.05) is 22.1 Å². The number of aromatic nitrogens is 2. The third-order valence-corrected chi connectivity index (χ3v) is 6.32. The Labute approximate surface area is 214 Å². The fourth-order valence-electron chi connectivity index (χ4n) is 3.23. The molecule has 4 aromatic rings. The average molecular weight is 547 g/mol. The van der Waals surface area contributed by atoms with Crippen LogP contribution in [0.1, 0.15) is 11.1 Å². The zero-order valence-electron chi connectivity index (χ0n) is 18.2. The Hall–Kier alpha value is -4.07.